The molecular formula is C8H7FKNO2. The van der Waals surface area contributed by atoms with E-state index in [4.69, 9.17) is 5.73 Å². The Morgan fingerprint density at radius 3 is 2.38 bits per heavy atom. The number of hydrogen-bond donors (Lipinski definition) is 0. The zero-order valence-electron chi connectivity index (χ0n) is 7.21. The van der Waals surface area contributed by atoms with E-state index in [1.807, 2.05) is 0 Å². The van der Waals surface area contributed by atoms with Gasteiger partial charge in [0.15, 0.2) is 0 Å². The molecular weight excluding hydrogens is 200 g/mol. The topological polar surface area (TPSA) is 50.1 Å². The third-order valence-electron chi connectivity index (χ3n) is 1.31. The van der Waals surface area contributed by atoms with Gasteiger partial charge in [-0.25, -0.2) is 4.79 Å². The van der Waals surface area contributed by atoms with Gasteiger partial charge in [0.1, 0.15) is 6.61 Å². The third kappa shape index (κ3) is 5.38. The van der Waals surface area contributed by atoms with Crippen molar-refractivity contribution in [1.29, 1.82) is 0 Å². The Morgan fingerprint density at radius 2 is 1.92 bits per heavy atom. The van der Waals surface area contributed by atoms with Crippen molar-refractivity contribution < 1.29 is 65.3 Å². The van der Waals surface area contributed by atoms with E-state index in [2.05, 4.69) is 4.74 Å². The van der Waals surface area contributed by atoms with E-state index in [-0.39, 0.29) is 58.0 Å². The van der Waals surface area contributed by atoms with Gasteiger partial charge < -0.3 is 10.5 Å². The van der Waals surface area contributed by atoms with Gasteiger partial charge in [-0.2, -0.15) is 0 Å². The van der Waals surface area contributed by atoms with Crippen molar-refractivity contribution in [2.45, 2.75) is 6.61 Å². The molecule has 0 heterocycles. The molecule has 0 amide bonds. The Labute approximate surface area is 118 Å². The van der Waals surface area contributed by atoms with Crippen LogP contribution in [0.3, 0.4) is 0 Å². The first-order valence-corrected chi connectivity index (χ1v) is 3.31. The molecule has 1 aromatic rings. The summed E-state index contributed by atoms with van der Waals surface area (Å²) in [4.78, 5) is 9.76. The largest absolute Gasteiger partial charge is 1.00 e. The minimum atomic E-state index is -1.79. The fourth-order valence-electron chi connectivity index (χ4n) is 0.741. The van der Waals surface area contributed by atoms with Crippen molar-refractivity contribution in [3.8, 4) is 0 Å². The molecule has 0 aliphatic rings. The molecule has 1 aromatic carbocycles. The van der Waals surface area contributed by atoms with Gasteiger partial charge in [-0.15, -0.1) is 10.1 Å². The Hall–Kier alpha value is 0.0564. The second-order valence-electron chi connectivity index (χ2n) is 2.22. The van der Waals surface area contributed by atoms with Crippen LogP contribution in [0, 0.1) is 0 Å². The maximum absolute atomic E-state index is 11.6. The fraction of sp³-hybridized carbons (Fsp3) is 0.125. The van der Waals surface area contributed by atoms with Crippen molar-refractivity contribution in [2.75, 3.05) is 0 Å². The van der Waals surface area contributed by atoms with Gasteiger partial charge in [0.2, 0.25) is 0 Å². The van der Waals surface area contributed by atoms with Crippen LogP contribution < -0.4 is 51.4 Å². The van der Waals surface area contributed by atoms with Crippen LogP contribution in [-0.2, 0) is 11.3 Å². The molecule has 0 atom stereocenters. The summed E-state index contributed by atoms with van der Waals surface area (Å²) in [6.45, 7) is -0.0877. The molecule has 0 spiro atoms. The minimum absolute atomic E-state index is 0. The molecule has 0 aliphatic carbocycles. The number of hydrogen-bond acceptors (Lipinski definition) is 2. The van der Waals surface area contributed by atoms with E-state index >= 15 is 0 Å². The predicted molar refractivity (Wildman–Crippen MR) is 41.7 cm³/mol. The third-order valence-corrected chi connectivity index (χ3v) is 1.31. The second-order valence-corrected chi connectivity index (χ2v) is 2.22. The Kier molecular flexibility index (Phi) is 6.53. The summed E-state index contributed by atoms with van der Waals surface area (Å²) < 4.78 is 15.7. The van der Waals surface area contributed by atoms with Gasteiger partial charge >= 0.3 is 57.6 Å². The summed E-state index contributed by atoms with van der Waals surface area (Å²) in [5, 5.41) is 0. The normalized spacial score (nSPS) is 8.69. The van der Waals surface area contributed by atoms with Crippen molar-refractivity contribution in [1.82, 2.24) is 0 Å². The average molecular weight is 207 g/mol. The predicted octanol–water partition coefficient (Wildman–Crippen LogP) is -0.0196. The molecule has 5 heteroatoms. The maximum atomic E-state index is 11.6. The van der Waals surface area contributed by atoms with E-state index in [9.17, 15) is 9.18 Å². The van der Waals surface area contributed by atoms with Gasteiger partial charge in [-0.05, 0) is 5.56 Å². The number of nitrogens with one attached hydrogen (secondary N) is 1. The summed E-state index contributed by atoms with van der Waals surface area (Å²) in [6.07, 6.45) is -1.79. The molecule has 0 aliphatic heterocycles. The minimum Gasteiger partial charge on any atom is -0.699 e. The van der Waals surface area contributed by atoms with Crippen molar-refractivity contribution in [2.24, 2.45) is 0 Å². The van der Waals surface area contributed by atoms with E-state index in [1.165, 1.54) is 0 Å². The van der Waals surface area contributed by atoms with Crippen LogP contribution >= 0.6 is 0 Å². The molecule has 0 aromatic heterocycles. The summed E-state index contributed by atoms with van der Waals surface area (Å²) >= 11 is 0. The molecule has 0 radical (unpaired) electrons. The molecule has 0 fully saturated rings. The van der Waals surface area contributed by atoms with Crippen molar-refractivity contribution >= 4 is 11.9 Å². The molecule has 3 nitrogen and oxygen atoms in total. The molecule has 13 heavy (non-hydrogen) atoms. The first kappa shape index (κ1) is 13.1. The zero-order valence-corrected chi connectivity index (χ0v) is 10.3. The molecule has 1 N–H and O–H groups in total. The molecule has 0 saturated carbocycles. The molecule has 0 unspecified atom stereocenters. The Morgan fingerprint density at radius 1 is 1.38 bits per heavy atom. The number of carbonyl (C=O) groups excluding carboxylic acids is 1. The number of rotatable bonds is 2. The van der Waals surface area contributed by atoms with Crippen molar-refractivity contribution in [3.63, 3.8) is 0 Å². The Balaban J connectivity index is 0.00000144. The quantitative estimate of drug-likeness (QED) is 0.505. The Bertz CT molecular complexity index is 276. The van der Waals surface area contributed by atoms with Gasteiger partial charge in [0.25, 0.3) is 0 Å². The summed E-state index contributed by atoms with van der Waals surface area (Å²) in [6, 6.07) is 6.29. The summed E-state index contributed by atoms with van der Waals surface area (Å²) in [7, 11) is 0. The average Bonchev–Trinajstić information content (AvgIpc) is 2.03. The number of carbonyl (C=O) groups is 1. The van der Waals surface area contributed by atoms with Crippen LogP contribution in [0.2, 0.25) is 0 Å². The van der Waals surface area contributed by atoms with Gasteiger partial charge in [0.05, 0.1) is 0 Å². The van der Waals surface area contributed by atoms with Crippen LogP contribution in [0.15, 0.2) is 24.3 Å². The van der Waals surface area contributed by atoms with E-state index in [0.717, 1.165) is 0 Å². The number of benzene rings is 1. The van der Waals surface area contributed by atoms with E-state index < -0.39 is 6.22 Å². The fourth-order valence-corrected chi connectivity index (χ4v) is 0.741. The zero-order chi connectivity index (χ0) is 8.97. The van der Waals surface area contributed by atoms with Crippen LogP contribution in [0.25, 0.3) is 5.73 Å². The van der Waals surface area contributed by atoms with E-state index in [1.54, 1.807) is 24.3 Å². The van der Waals surface area contributed by atoms with Crippen LogP contribution in [0.5, 0.6) is 0 Å². The van der Waals surface area contributed by atoms with Crippen LogP contribution in [0.1, 0.15) is 5.56 Å². The summed E-state index contributed by atoms with van der Waals surface area (Å²) in [5.41, 5.74) is 8.16. The summed E-state index contributed by atoms with van der Waals surface area (Å²) in [5.74, 6) is 0. The SMILES string of the molecule is [K+].[NH-]c1ccc(COC(=O)F)cc1. The first-order chi connectivity index (χ1) is 5.68. The smallest absolute Gasteiger partial charge is 0.699 e. The van der Waals surface area contributed by atoms with Gasteiger partial charge in [-0.3, -0.25) is 0 Å². The molecule has 64 valence electrons. The number of ether oxygens (including phenoxy) is 1. The van der Waals surface area contributed by atoms with Gasteiger partial charge in [0, 0.05) is 0 Å². The first-order valence-electron chi connectivity index (χ1n) is 3.31. The standard InChI is InChI=1S/C8H7FNO2.K/c9-8(11)12-5-6-1-3-7(10)4-2-6;/h1-4,10H,5H2;/q-1;+1. The molecule has 1 rings (SSSR count). The van der Waals surface area contributed by atoms with Gasteiger partial charge in [-0.1, -0.05) is 24.3 Å². The van der Waals surface area contributed by atoms with E-state index in [0.29, 0.717) is 11.3 Å². The van der Waals surface area contributed by atoms with Crippen LogP contribution in [0.4, 0.5) is 14.9 Å². The van der Waals surface area contributed by atoms with Crippen LogP contribution in [-0.4, -0.2) is 6.22 Å². The number of halogens is 1. The van der Waals surface area contributed by atoms with Crippen molar-refractivity contribution in [3.05, 3.63) is 35.6 Å². The second kappa shape index (κ2) is 6.50. The maximum Gasteiger partial charge on any atom is 1.00 e. The monoisotopic (exact) mass is 207 g/mol. The molecule has 0 bridgehead atoms. The molecule has 0 saturated heterocycles.